The van der Waals surface area contributed by atoms with E-state index in [2.05, 4.69) is 5.10 Å². The summed E-state index contributed by atoms with van der Waals surface area (Å²) >= 11 is 1.28. The van der Waals surface area contributed by atoms with Crippen molar-refractivity contribution in [3.63, 3.8) is 0 Å². The first-order valence-corrected chi connectivity index (χ1v) is 11.5. The van der Waals surface area contributed by atoms with Crippen molar-refractivity contribution in [1.82, 2.24) is 5.01 Å². The average molecular weight is 462 g/mol. The Morgan fingerprint density at radius 3 is 2.62 bits per heavy atom. The molecule has 0 saturated carbocycles. The number of methoxy groups -OCH3 is 1. The molecule has 0 bridgehead atoms. The molecule has 32 heavy (non-hydrogen) atoms. The Kier molecular flexibility index (Phi) is 7.69. The fraction of sp³-hybridized carbons (Fsp3) is 0.417. The van der Waals surface area contributed by atoms with Crippen LogP contribution in [0.25, 0.3) is 0 Å². The van der Waals surface area contributed by atoms with Gasteiger partial charge in [0.25, 0.3) is 5.91 Å². The van der Waals surface area contributed by atoms with Gasteiger partial charge in [0.15, 0.2) is 0 Å². The summed E-state index contributed by atoms with van der Waals surface area (Å²) in [5, 5.41) is 6.25. The molecule has 0 spiro atoms. The van der Waals surface area contributed by atoms with Gasteiger partial charge in [-0.05, 0) is 68.5 Å². The number of halogens is 2. The van der Waals surface area contributed by atoms with Crippen molar-refractivity contribution >= 4 is 22.7 Å². The molecule has 5 nitrogen and oxygen atoms in total. The first-order chi connectivity index (χ1) is 15.3. The zero-order chi connectivity index (χ0) is 23.5. The predicted octanol–water partition coefficient (Wildman–Crippen LogP) is 4.77. The van der Waals surface area contributed by atoms with Gasteiger partial charge in [-0.15, -0.1) is 0 Å². The van der Waals surface area contributed by atoms with Gasteiger partial charge in [-0.2, -0.15) is 5.10 Å². The van der Waals surface area contributed by atoms with E-state index in [0.717, 1.165) is 29.3 Å². The molecule has 8 heteroatoms. The van der Waals surface area contributed by atoms with Crippen molar-refractivity contribution in [3.8, 4) is 0 Å². The van der Waals surface area contributed by atoms with E-state index in [1.165, 1.54) is 23.9 Å². The molecule has 3 rings (SSSR count). The predicted molar refractivity (Wildman–Crippen MR) is 124 cm³/mol. The number of aryl methyl sites for hydroxylation is 1. The second-order valence-corrected chi connectivity index (χ2v) is 9.07. The zero-order valence-corrected chi connectivity index (χ0v) is 19.6. The lowest BCUT2D eigenvalue weighted by Gasteiger charge is -2.43. The number of thioether (sulfide) groups is 1. The quantitative estimate of drug-likeness (QED) is 0.615. The van der Waals surface area contributed by atoms with Crippen LogP contribution in [0.4, 0.5) is 8.78 Å². The number of hydrogen-bond acceptors (Lipinski definition) is 5. The van der Waals surface area contributed by atoms with E-state index >= 15 is 0 Å². The fourth-order valence-corrected chi connectivity index (χ4v) is 5.82. The highest BCUT2D eigenvalue weighted by Crippen LogP contribution is 2.55. The van der Waals surface area contributed by atoms with E-state index in [1.807, 2.05) is 38.1 Å². The minimum atomic E-state index is -0.975. The summed E-state index contributed by atoms with van der Waals surface area (Å²) < 4.78 is 34.1. The number of carbonyl (C=O) groups is 1. The maximum atomic E-state index is 14.7. The number of benzene rings is 2. The Labute approximate surface area is 192 Å². The molecule has 172 valence electrons. The van der Waals surface area contributed by atoms with Crippen LogP contribution >= 0.6 is 11.8 Å². The van der Waals surface area contributed by atoms with Crippen molar-refractivity contribution in [2.24, 2.45) is 16.8 Å². The maximum Gasteiger partial charge on any atom is 0.273 e. The van der Waals surface area contributed by atoms with Crippen molar-refractivity contribution < 1.29 is 18.3 Å². The van der Waals surface area contributed by atoms with Crippen molar-refractivity contribution in [2.45, 2.75) is 44.6 Å². The number of amides is 1. The van der Waals surface area contributed by atoms with Crippen LogP contribution in [0, 0.1) is 24.5 Å². The number of rotatable bonds is 8. The van der Waals surface area contributed by atoms with Crippen LogP contribution in [0.3, 0.4) is 0 Å². The van der Waals surface area contributed by atoms with E-state index in [1.54, 1.807) is 6.92 Å². The van der Waals surface area contributed by atoms with Crippen LogP contribution < -0.4 is 5.73 Å². The third-order valence-corrected chi connectivity index (χ3v) is 7.45. The first kappa shape index (κ1) is 24.4. The van der Waals surface area contributed by atoms with Gasteiger partial charge in [-0.25, -0.2) is 13.8 Å². The lowest BCUT2D eigenvalue weighted by Crippen LogP contribution is -2.50. The molecule has 1 aliphatic heterocycles. The number of nitrogens with two attached hydrogens (primary N) is 1. The summed E-state index contributed by atoms with van der Waals surface area (Å²) in [5.74, 6) is -1.62. The van der Waals surface area contributed by atoms with Gasteiger partial charge >= 0.3 is 0 Å². The normalized spacial score (nSPS) is 20.2. The molecule has 0 aliphatic carbocycles. The number of ether oxygens (including phenoxy) is 1. The molecule has 0 fully saturated rings. The first-order valence-electron chi connectivity index (χ1n) is 10.7. The summed E-state index contributed by atoms with van der Waals surface area (Å²) in [6.45, 7) is 6.06. The van der Waals surface area contributed by atoms with Crippen molar-refractivity contribution in [3.05, 3.63) is 70.8 Å². The molecule has 0 aromatic heterocycles. The number of nitrogens with zero attached hydrogens (tertiary/aromatic N) is 2. The largest absolute Gasteiger partial charge is 0.372 e. The maximum absolute atomic E-state index is 14.7. The smallest absolute Gasteiger partial charge is 0.273 e. The summed E-state index contributed by atoms with van der Waals surface area (Å²) in [7, 11) is 1.45. The van der Waals surface area contributed by atoms with Gasteiger partial charge in [0.2, 0.25) is 0 Å². The molecule has 1 heterocycles. The number of hydrogen-bond donors (Lipinski definition) is 1. The lowest BCUT2D eigenvalue weighted by molar-refractivity contribution is -0.146. The standard InChI is InChI=1S/C24H29F2N3O2S/c1-5-17(12-13-27)24(20-9-7-6-8-15(20)2)29(23(30)16(3)31-4)28-22(32-24)19-14-18(25)10-11-21(19)26/h6-11,14,16-17H,5,12-13,27H2,1-4H3/t16-,17+,24+/m0/s1. The highest BCUT2D eigenvalue weighted by atomic mass is 32.2. The Bertz CT molecular complexity index is 1020. The molecule has 0 saturated heterocycles. The molecule has 0 radical (unpaired) electrons. The Morgan fingerprint density at radius 1 is 1.28 bits per heavy atom. The number of carbonyl (C=O) groups excluding carboxylic acids is 1. The minimum absolute atomic E-state index is 0.0240. The molecule has 3 atom stereocenters. The van der Waals surface area contributed by atoms with Gasteiger partial charge in [0.05, 0.1) is 0 Å². The van der Waals surface area contributed by atoms with E-state index in [4.69, 9.17) is 10.5 Å². The van der Waals surface area contributed by atoms with Crippen LogP contribution in [0.2, 0.25) is 0 Å². The van der Waals surface area contributed by atoms with Gasteiger partial charge in [-0.3, -0.25) is 4.79 Å². The van der Waals surface area contributed by atoms with Crippen molar-refractivity contribution in [1.29, 1.82) is 0 Å². The summed E-state index contributed by atoms with van der Waals surface area (Å²) in [4.78, 5) is 12.5. The van der Waals surface area contributed by atoms with Gasteiger partial charge in [0, 0.05) is 12.7 Å². The highest BCUT2D eigenvalue weighted by molar-refractivity contribution is 8.15. The van der Waals surface area contributed by atoms with E-state index in [0.29, 0.717) is 19.4 Å². The molecule has 0 unspecified atom stereocenters. The van der Waals surface area contributed by atoms with Crippen LogP contribution in [0.5, 0.6) is 0 Å². The third-order valence-electron chi connectivity index (χ3n) is 5.92. The second kappa shape index (κ2) is 10.1. The summed E-state index contributed by atoms with van der Waals surface area (Å²) in [6, 6.07) is 11.0. The Hall–Kier alpha value is -2.29. The van der Waals surface area contributed by atoms with E-state index in [9.17, 15) is 13.6 Å². The molecule has 2 N–H and O–H groups in total. The van der Waals surface area contributed by atoms with Gasteiger partial charge < -0.3 is 10.5 Å². The van der Waals surface area contributed by atoms with Crippen LogP contribution in [0.15, 0.2) is 47.6 Å². The Morgan fingerprint density at radius 2 is 2.00 bits per heavy atom. The SMILES string of the molecule is CC[C@H](CCN)[C@]1(c2ccccc2C)SC(c2cc(F)ccc2F)=NN1C(=O)[C@H](C)OC. The Balaban J connectivity index is 2.29. The molecule has 1 amide bonds. The number of hydrazone groups is 1. The summed E-state index contributed by atoms with van der Waals surface area (Å²) in [5.41, 5.74) is 7.84. The minimum Gasteiger partial charge on any atom is -0.372 e. The second-order valence-electron chi connectivity index (χ2n) is 7.85. The van der Waals surface area contributed by atoms with E-state index < -0.39 is 22.6 Å². The van der Waals surface area contributed by atoms with Gasteiger partial charge in [0.1, 0.15) is 27.7 Å². The lowest BCUT2D eigenvalue weighted by atomic mass is 9.84. The van der Waals surface area contributed by atoms with Crippen LogP contribution in [0.1, 0.15) is 43.4 Å². The average Bonchev–Trinajstić information content (AvgIpc) is 3.19. The van der Waals surface area contributed by atoms with Crippen LogP contribution in [-0.2, 0) is 14.4 Å². The topological polar surface area (TPSA) is 67.9 Å². The monoisotopic (exact) mass is 461 g/mol. The van der Waals surface area contributed by atoms with Crippen LogP contribution in [-0.4, -0.2) is 35.7 Å². The van der Waals surface area contributed by atoms with Crippen molar-refractivity contribution in [2.75, 3.05) is 13.7 Å². The molecule has 2 aromatic rings. The van der Waals surface area contributed by atoms with E-state index in [-0.39, 0.29) is 22.4 Å². The van der Waals surface area contributed by atoms with Gasteiger partial charge in [-0.1, -0.05) is 43.0 Å². The molecular formula is C24H29F2N3O2S. The zero-order valence-electron chi connectivity index (χ0n) is 18.8. The summed E-state index contributed by atoms with van der Waals surface area (Å²) in [6.07, 6.45) is 0.560. The molecule has 2 aromatic carbocycles. The fourth-order valence-electron chi connectivity index (χ4n) is 4.13. The molecular weight excluding hydrogens is 432 g/mol. The molecule has 1 aliphatic rings. The highest BCUT2D eigenvalue weighted by Gasteiger charge is 2.54. The third kappa shape index (κ3) is 4.31.